The molecule has 0 saturated carbocycles. The zero-order valence-electron chi connectivity index (χ0n) is 15.0. The van der Waals surface area contributed by atoms with E-state index >= 15 is 0 Å². The summed E-state index contributed by atoms with van der Waals surface area (Å²) in [5, 5.41) is 3.96. The highest BCUT2D eigenvalue weighted by Crippen LogP contribution is 2.24. The van der Waals surface area contributed by atoms with Crippen molar-refractivity contribution in [3.63, 3.8) is 0 Å². The largest absolute Gasteiger partial charge is 0.374 e. The molecular weight excluding hydrogens is 323 g/mol. The van der Waals surface area contributed by atoms with Crippen LogP contribution >= 0.6 is 0 Å². The monoisotopic (exact) mass is 348 g/mol. The minimum atomic E-state index is -0.170. The second-order valence-corrected chi connectivity index (χ2v) is 6.43. The second-order valence-electron chi connectivity index (χ2n) is 6.43. The lowest BCUT2D eigenvalue weighted by molar-refractivity contribution is 0.0892. The van der Waals surface area contributed by atoms with Crippen LogP contribution in [0.2, 0.25) is 0 Å². The van der Waals surface area contributed by atoms with E-state index in [-0.39, 0.29) is 18.0 Å². The number of aromatic nitrogens is 2. The van der Waals surface area contributed by atoms with Crippen LogP contribution in [-0.4, -0.2) is 53.2 Å². The van der Waals surface area contributed by atoms with E-state index in [0.717, 1.165) is 31.7 Å². The Hall–Kier alpha value is -1.83. The molecule has 0 N–H and O–H groups in total. The highest BCUT2D eigenvalue weighted by atomic mass is 19.1. The van der Waals surface area contributed by atoms with Crippen LogP contribution in [0.1, 0.15) is 43.3 Å². The fourth-order valence-corrected chi connectivity index (χ4v) is 3.11. The minimum Gasteiger partial charge on any atom is -0.374 e. The first-order valence-electron chi connectivity index (χ1n) is 8.64. The number of benzene rings is 1. The zero-order chi connectivity index (χ0) is 17.8. The van der Waals surface area contributed by atoms with Gasteiger partial charge in [-0.1, -0.05) is 23.4 Å². The zero-order valence-corrected chi connectivity index (χ0v) is 15.0. The molecule has 1 fully saturated rings. The lowest BCUT2D eigenvalue weighted by atomic mass is 10.1. The summed E-state index contributed by atoms with van der Waals surface area (Å²) in [5.41, 5.74) is 0.756. The number of hydrogen-bond acceptors (Lipinski definition) is 6. The van der Waals surface area contributed by atoms with Crippen molar-refractivity contribution in [3.05, 3.63) is 47.4 Å². The number of halogens is 1. The molecular formula is C18H25FN4O2. The molecule has 136 valence electrons. The molecule has 0 radical (unpaired) electrons. The maximum absolute atomic E-state index is 14.0. The van der Waals surface area contributed by atoms with Crippen molar-refractivity contribution in [2.75, 3.05) is 33.3 Å². The van der Waals surface area contributed by atoms with E-state index in [1.54, 1.807) is 13.2 Å². The predicted molar refractivity (Wildman–Crippen MR) is 91.4 cm³/mol. The van der Waals surface area contributed by atoms with E-state index in [0.29, 0.717) is 18.3 Å². The number of rotatable bonds is 6. The minimum absolute atomic E-state index is 0.0703. The lowest BCUT2D eigenvalue weighted by Gasteiger charge is -2.37. The molecule has 1 aromatic carbocycles. The maximum atomic E-state index is 14.0. The van der Waals surface area contributed by atoms with E-state index < -0.39 is 0 Å². The van der Waals surface area contributed by atoms with Gasteiger partial charge >= 0.3 is 0 Å². The van der Waals surface area contributed by atoms with Gasteiger partial charge in [0.1, 0.15) is 11.9 Å². The molecule has 3 rings (SSSR count). The third kappa shape index (κ3) is 4.23. The van der Waals surface area contributed by atoms with Gasteiger partial charge in [0.25, 0.3) is 0 Å². The predicted octanol–water partition coefficient (Wildman–Crippen LogP) is 2.79. The van der Waals surface area contributed by atoms with Gasteiger partial charge in [0, 0.05) is 44.9 Å². The Bertz CT molecular complexity index is 685. The van der Waals surface area contributed by atoms with E-state index in [1.165, 1.54) is 6.07 Å². The van der Waals surface area contributed by atoms with Crippen molar-refractivity contribution < 1.29 is 13.7 Å². The fraction of sp³-hybridized carbons (Fsp3) is 0.556. The fourth-order valence-electron chi connectivity index (χ4n) is 3.11. The van der Waals surface area contributed by atoms with Gasteiger partial charge in [-0.15, -0.1) is 0 Å². The van der Waals surface area contributed by atoms with Gasteiger partial charge in [0.15, 0.2) is 5.82 Å². The van der Waals surface area contributed by atoms with Crippen molar-refractivity contribution in [2.45, 2.75) is 32.5 Å². The van der Waals surface area contributed by atoms with Crippen molar-refractivity contribution >= 4 is 0 Å². The van der Waals surface area contributed by atoms with E-state index in [2.05, 4.69) is 26.9 Å². The molecule has 25 heavy (non-hydrogen) atoms. The van der Waals surface area contributed by atoms with Crippen LogP contribution in [0.15, 0.2) is 28.8 Å². The first-order valence-corrected chi connectivity index (χ1v) is 8.64. The van der Waals surface area contributed by atoms with E-state index in [1.807, 2.05) is 19.1 Å². The molecule has 0 aliphatic carbocycles. The van der Waals surface area contributed by atoms with Gasteiger partial charge in [0.05, 0.1) is 6.54 Å². The van der Waals surface area contributed by atoms with Crippen LogP contribution in [-0.2, 0) is 11.3 Å². The van der Waals surface area contributed by atoms with Crippen LogP contribution in [0, 0.1) is 5.82 Å². The normalized spacial score (nSPS) is 19.0. The molecule has 1 aliphatic heterocycles. The molecule has 0 unspecified atom stereocenters. The number of nitrogens with zero attached hydrogens (tertiary/aromatic N) is 4. The number of piperazine rings is 1. The van der Waals surface area contributed by atoms with Crippen molar-refractivity contribution in [3.8, 4) is 0 Å². The molecule has 1 aliphatic rings. The maximum Gasteiger partial charge on any atom is 0.240 e. The molecule has 2 aromatic rings. The Balaban J connectivity index is 1.53. The van der Waals surface area contributed by atoms with Crippen molar-refractivity contribution in [1.29, 1.82) is 0 Å². The topological polar surface area (TPSA) is 54.6 Å². The SMILES string of the molecule is CO[C@@H](C)c1noc(CN2CCN([C@H](C)c3ccccc3F)CC2)n1. The summed E-state index contributed by atoms with van der Waals surface area (Å²) in [5.74, 6) is 1.04. The Morgan fingerprint density at radius 2 is 1.92 bits per heavy atom. The lowest BCUT2D eigenvalue weighted by Crippen LogP contribution is -2.46. The Kier molecular flexibility index (Phi) is 5.78. The average Bonchev–Trinajstić information content (AvgIpc) is 3.10. The summed E-state index contributed by atoms with van der Waals surface area (Å²) in [7, 11) is 1.62. The molecule has 7 heteroatoms. The Morgan fingerprint density at radius 1 is 1.20 bits per heavy atom. The number of ether oxygens (including phenoxy) is 1. The second kappa shape index (κ2) is 8.03. The molecule has 1 aromatic heterocycles. The molecule has 2 heterocycles. The smallest absolute Gasteiger partial charge is 0.240 e. The van der Waals surface area contributed by atoms with Crippen LogP contribution < -0.4 is 0 Å². The third-order valence-corrected chi connectivity index (χ3v) is 4.87. The number of methoxy groups -OCH3 is 1. The molecule has 0 bridgehead atoms. The standard InChI is InChI=1S/C18H25FN4O2/c1-13(15-6-4-5-7-16(15)19)23-10-8-22(9-11-23)12-17-20-18(21-25-17)14(2)24-3/h4-7,13-14H,8-12H2,1-3H3/t13-,14+/m1/s1. The summed E-state index contributed by atoms with van der Waals surface area (Å²) >= 11 is 0. The highest BCUT2D eigenvalue weighted by molar-refractivity contribution is 5.20. The summed E-state index contributed by atoms with van der Waals surface area (Å²) in [6.45, 7) is 8.11. The molecule has 6 nitrogen and oxygen atoms in total. The van der Waals surface area contributed by atoms with Crippen molar-refractivity contribution in [2.24, 2.45) is 0 Å². The van der Waals surface area contributed by atoms with Crippen LogP contribution in [0.4, 0.5) is 4.39 Å². The first kappa shape index (κ1) is 18.0. The molecule has 2 atom stereocenters. The van der Waals surface area contributed by atoms with E-state index in [4.69, 9.17) is 9.26 Å². The molecule has 0 amide bonds. The van der Waals surface area contributed by atoms with Gasteiger partial charge < -0.3 is 9.26 Å². The van der Waals surface area contributed by atoms with Crippen LogP contribution in [0.3, 0.4) is 0 Å². The quantitative estimate of drug-likeness (QED) is 0.800. The Labute approximate surface area is 147 Å². The Morgan fingerprint density at radius 3 is 2.60 bits per heavy atom. The third-order valence-electron chi connectivity index (χ3n) is 4.87. The first-order chi connectivity index (χ1) is 12.1. The van der Waals surface area contributed by atoms with Gasteiger partial charge in [-0.05, 0) is 19.9 Å². The van der Waals surface area contributed by atoms with E-state index in [9.17, 15) is 4.39 Å². The summed E-state index contributed by atoms with van der Waals surface area (Å²) in [6, 6.07) is 7.08. The average molecular weight is 348 g/mol. The summed E-state index contributed by atoms with van der Waals surface area (Å²) in [4.78, 5) is 8.96. The summed E-state index contributed by atoms with van der Waals surface area (Å²) in [6.07, 6.45) is -0.170. The highest BCUT2D eigenvalue weighted by Gasteiger charge is 2.25. The molecule has 1 saturated heterocycles. The number of hydrogen-bond donors (Lipinski definition) is 0. The van der Waals surface area contributed by atoms with Crippen LogP contribution in [0.25, 0.3) is 0 Å². The van der Waals surface area contributed by atoms with Gasteiger partial charge in [-0.3, -0.25) is 9.80 Å². The van der Waals surface area contributed by atoms with Crippen LogP contribution in [0.5, 0.6) is 0 Å². The van der Waals surface area contributed by atoms with Gasteiger partial charge in [0.2, 0.25) is 5.89 Å². The van der Waals surface area contributed by atoms with Gasteiger partial charge in [-0.2, -0.15) is 4.98 Å². The summed E-state index contributed by atoms with van der Waals surface area (Å²) < 4.78 is 24.5. The molecule has 0 spiro atoms. The van der Waals surface area contributed by atoms with Gasteiger partial charge in [-0.25, -0.2) is 4.39 Å². The van der Waals surface area contributed by atoms with Crippen molar-refractivity contribution in [1.82, 2.24) is 19.9 Å².